The summed E-state index contributed by atoms with van der Waals surface area (Å²) in [7, 11) is -3.39. The summed E-state index contributed by atoms with van der Waals surface area (Å²) in [5.41, 5.74) is 2.16. The van der Waals surface area contributed by atoms with E-state index >= 15 is 0 Å². The molecule has 0 radical (unpaired) electrons. The second-order valence-corrected chi connectivity index (χ2v) is 8.36. The number of fused-ring (bicyclic) bond motifs is 1. The highest BCUT2D eigenvalue weighted by Gasteiger charge is 2.26. The van der Waals surface area contributed by atoms with E-state index < -0.39 is 20.9 Å². The molecule has 8 nitrogen and oxygen atoms in total. The third-order valence-electron chi connectivity index (χ3n) is 4.46. The molecule has 0 saturated carbocycles. The maximum absolute atomic E-state index is 12.4. The Bertz CT molecular complexity index is 987. The van der Waals surface area contributed by atoms with Gasteiger partial charge in [0.05, 0.1) is 16.4 Å². The zero-order valence-electron chi connectivity index (χ0n) is 14.7. The summed E-state index contributed by atoms with van der Waals surface area (Å²) in [4.78, 5) is 22.5. The van der Waals surface area contributed by atoms with E-state index in [4.69, 9.17) is 0 Å². The number of nitrogens with zero attached hydrogens (tertiary/aromatic N) is 2. The molecule has 2 aromatic carbocycles. The molecule has 0 aromatic heterocycles. The van der Waals surface area contributed by atoms with Crippen LogP contribution in [0.3, 0.4) is 0 Å². The summed E-state index contributed by atoms with van der Waals surface area (Å²) in [5, 5.41) is 13.4. The molecule has 0 atom stereocenters. The fourth-order valence-corrected chi connectivity index (χ4v) is 4.19. The molecule has 9 heteroatoms. The van der Waals surface area contributed by atoms with Crippen molar-refractivity contribution in [2.45, 2.75) is 19.8 Å². The summed E-state index contributed by atoms with van der Waals surface area (Å²) in [5.74, 6) is -0.420. The SMILES string of the molecule is CCS(=O)(=O)N1CCCc2ccc(NC(=O)c3ccc([N+](=O)[O-])cc3)cc21. The largest absolute Gasteiger partial charge is 0.322 e. The summed E-state index contributed by atoms with van der Waals surface area (Å²) in [6.07, 6.45) is 1.53. The van der Waals surface area contributed by atoms with Gasteiger partial charge in [-0.25, -0.2) is 8.42 Å². The molecule has 0 fully saturated rings. The number of amides is 1. The predicted octanol–water partition coefficient (Wildman–Crippen LogP) is 2.95. The topological polar surface area (TPSA) is 110 Å². The standard InChI is InChI=1S/C18H19N3O5S/c1-2-27(25,26)20-11-3-4-13-5-8-15(12-17(13)20)19-18(22)14-6-9-16(10-7-14)21(23)24/h5-10,12H,2-4,11H2,1H3,(H,19,22). The molecular weight excluding hydrogens is 370 g/mol. The highest BCUT2D eigenvalue weighted by Crippen LogP contribution is 2.32. The number of non-ortho nitro benzene ring substituents is 1. The Hall–Kier alpha value is -2.94. The zero-order chi connectivity index (χ0) is 19.6. The molecule has 27 heavy (non-hydrogen) atoms. The lowest BCUT2D eigenvalue weighted by Gasteiger charge is -2.30. The quantitative estimate of drug-likeness (QED) is 0.624. The Morgan fingerprint density at radius 1 is 1.22 bits per heavy atom. The number of nitro benzene ring substituents is 1. The van der Waals surface area contributed by atoms with E-state index in [1.54, 1.807) is 19.1 Å². The molecule has 0 unspecified atom stereocenters. The van der Waals surface area contributed by atoms with E-state index in [1.807, 2.05) is 6.07 Å². The third-order valence-corrected chi connectivity index (χ3v) is 6.24. The van der Waals surface area contributed by atoms with Gasteiger partial charge in [-0.2, -0.15) is 0 Å². The van der Waals surface area contributed by atoms with Gasteiger partial charge in [0, 0.05) is 29.9 Å². The molecule has 1 amide bonds. The van der Waals surface area contributed by atoms with Gasteiger partial charge in [0.15, 0.2) is 0 Å². The number of carbonyl (C=O) groups is 1. The fraction of sp³-hybridized carbons (Fsp3) is 0.278. The number of rotatable bonds is 5. The molecule has 142 valence electrons. The minimum atomic E-state index is -3.39. The Morgan fingerprint density at radius 3 is 2.56 bits per heavy atom. The van der Waals surface area contributed by atoms with Crippen molar-refractivity contribution in [1.29, 1.82) is 0 Å². The highest BCUT2D eigenvalue weighted by molar-refractivity contribution is 7.92. The van der Waals surface area contributed by atoms with E-state index in [1.165, 1.54) is 28.6 Å². The van der Waals surface area contributed by atoms with Crippen molar-refractivity contribution in [3.63, 3.8) is 0 Å². The van der Waals surface area contributed by atoms with Crippen molar-refractivity contribution in [2.24, 2.45) is 0 Å². The normalized spacial score (nSPS) is 13.7. The summed E-state index contributed by atoms with van der Waals surface area (Å²) < 4.78 is 26.1. The van der Waals surface area contributed by atoms with Gasteiger partial charge in [0.2, 0.25) is 10.0 Å². The number of nitro groups is 1. The predicted molar refractivity (Wildman–Crippen MR) is 103 cm³/mol. The maximum Gasteiger partial charge on any atom is 0.269 e. The molecule has 1 aliphatic heterocycles. The van der Waals surface area contributed by atoms with Crippen molar-refractivity contribution in [2.75, 3.05) is 21.9 Å². The first-order chi connectivity index (χ1) is 12.8. The number of nitrogens with one attached hydrogen (secondary N) is 1. The van der Waals surface area contributed by atoms with Crippen LogP contribution in [0.25, 0.3) is 0 Å². The van der Waals surface area contributed by atoms with Gasteiger partial charge in [-0.1, -0.05) is 6.07 Å². The van der Waals surface area contributed by atoms with Crippen LogP contribution < -0.4 is 9.62 Å². The lowest BCUT2D eigenvalue weighted by Crippen LogP contribution is -2.36. The number of sulfonamides is 1. The van der Waals surface area contributed by atoms with Crippen molar-refractivity contribution in [1.82, 2.24) is 0 Å². The molecule has 1 heterocycles. The van der Waals surface area contributed by atoms with Gasteiger partial charge in [0.25, 0.3) is 11.6 Å². The lowest BCUT2D eigenvalue weighted by molar-refractivity contribution is -0.384. The Balaban J connectivity index is 1.85. The molecular formula is C18H19N3O5S. The van der Waals surface area contributed by atoms with Crippen molar-refractivity contribution < 1.29 is 18.1 Å². The smallest absolute Gasteiger partial charge is 0.269 e. The van der Waals surface area contributed by atoms with Crippen LogP contribution in [0.4, 0.5) is 17.1 Å². The van der Waals surface area contributed by atoms with E-state index in [9.17, 15) is 23.3 Å². The first kappa shape index (κ1) is 18.8. The first-order valence-electron chi connectivity index (χ1n) is 8.51. The van der Waals surface area contributed by atoms with Crippen LogP contribution in [0, 0.1) is 10.1 Å². The third kappa shape index (κ3) is 3.92. The van der Waals surface area contributed by atoms with Crippen LogP contribution in [0.15, 0.2) is 42.5 Å². The van der Waals surface area contributed by atoms with E-state index in [0.717, 1.165) is 18.4 Å². The molecule has 2 aromatic rings. The number of anilines is 2. The molecule has 3 rings (SSSR count). The second-order valence-electron chi connectivity index (χ2n) is 6.18. The minimum absolute atomic E-state index is 0.00578. The summed E-state index contributed by atoms with van der Waals surface area (Å²) >= 11 is 0. The number of benzene rings is 2. The molecule has 0 bridgehead atoms. The van der Waals surface area contributed by atoms with Crippen LogP contribution in [0.5, 0.6) is 0 Å². The van der Waals surface area contributed by atoms with E-state index in [-0.39, 0.29) is 17.0 Å². The molecule has 1 aliphatic rings. The van der Waals surface area contributed by atoms with Crippen LogP contribution in [-0.2, 0) is 16.4 Å². The number of aryl methyl sites for hydroxylation is 1. The Kier molecular flexibility index (Phi) is 5.13. The van der Waals surface area contributed by atoms with Gasteiger partial charge in [-0.3, -0.25) is 19.2 Å². The van der Waals surface area contributed by atoms with Gasteiger partial charge in [0.1, 0.15) is 0 Å². The van der Waals surface area contributed by atoms with Crippen molar-refractivity contribution >= 4 is 33.0 Å². The monoisotopic (exact) mass is 389 g/mol. The average Bonchev–Trinajstić information content (AvgIpc) is 2.67. The van der Waals surface area contributed by atoms with Gasteiger partial charge in [-0.15, -0.1) is 0 Å². The van der Waals surface area contributed by atoms with Crippen LogP contribution in [0.1, 0.15) is 29.3 Å². The molecule has 1 N–H and O–H groups in total. The minimum Gasteiger partial charge on any atom is -0.322 e. The molecule has 0 spiro atoms. The molecule has 0 aliphatic carbocycles. The van der Waals surface area contributed by atoms with Gasteiger partial charge in [-0.05, 0) is 49.6 Å². The second kappa shape index (κ2) is 7.36. The van der Waals surface area contributed by atoms with Crippen molar-refractivity contribution in [3.05, 3.63) is 63.7 Å². The number of hydrogen-bond acceptors (Lipinski definition) is 5. The zero-order valence-corrected chi connectivity index (χ0v) is 15.5. The number of hydrogen-bond donors (Lipinski definition) is 1. The first-order valence-corrected chi connectivity index (χ1v) is 10.1. The Morgan fingerprint density at radius 2 is 1.93 bits per heavy atom. The highest BCUT2D eigenvalue weighted by atomic mass is 32.2. The molecule has 0 saturated heterocycles. The van der Waals surface area contributed by atoms with E-state index in [0.29, 0.717) is 17.9 Å². The average molecular weight is 389 g/mol. The summed E-state index contributed by atoms with van der Waals surface area (Å²) in [6, 6.07) is 10.5. The fourth-order valence-electron chi connectivity index (χ4n) is 3.00. The summed E-state index contributed by atoms with van der Waals surface area (Å²) in [6.45, 7) is 2.02. The van der Waals surface area contributed by atoms with Crippen LogP contribution in [0.2, 0.25) is 0 Å². The lowest BCUT2D eigenvalue weighted by atomic mass is 10.0. The van der Waals surface area contributed by atoms with E-state index in [2.05, 4.69) is 5.32 Å². The van der Waals surface area contributed by atoms with Crippen LogP contribution in [-0.4, -0.2) is 31.5 Å². The number of carbonyl (C=O) groups excluding carboxylic acids is 1. The van der Waals surface area contributed by atoms with Gasteiger partial charge >= 0.3 is 0 Å². The Labute approximate surface area is 157 Å². The van der Waals surface area contributed by atoms with Crippen LogP contribution >= 0.6 is 0 Å². The maximum atomic E-state index is 12.4. The van der Waals surface area contributed by atoms with Crippen molar-refractivity contribution in [3.8, 4) is 0 Å². The van der Waals surface area contributed by atoms with Gasteiger partial charge < -0.3 is 5.32 Å².